The third kappa shape index (κ3) is 5.60. The van der Waals surface area contributed by atoms with E-state index in [-0.39, 0.29) is 12.4 Å². The average Bonchev–Trinajstić information content (AvgIpc) is 2.36. The first kappa shape index (κ1) is 15.3. The van der Waals surface area contributed by atoms with E-state index in [0.29, 0.717) is 19.5 Å². The molecule has 1 aromatic carbocycles. The highest BCUT2D eigenvalue weighted by atomic mass is 19.4. The number of ether oxygens (including phenoxy) is 1. The van der Waals surface area contributed by atoms with Gasteiger partial charge in [-0.2, -0.15) is 13.2 Å². The van der Waals surface area contributed by atoms with Gasteiger partial charge in [-0.3, -0.25) is 4.79 Å². The van der Waals surface area contributed by atoms with Crippen LogP contribution in [0, 0.1) is 0 Å². The van der Waals surface area contributed by atoms with Crippen LogP contribution in [0.3, 0.4) is 0 Å². The Hall–Kier alpha value is -1.76. The third-order valence-electron chi connectivity index (χ3n) is 2.23. The molecule has 0 saturated carbocycles. The molecule has 0 fully saturated rings. The van der Waals surface area contributed by atoms with Crippen LogP contribution in [-0.2, 0) is 11.0 Å². The van der Waals surface area contributed by atoms with Crippen molar-refractivity contribution in [1.82, 2.24) is 5.32 Å². The number of alkyl halides is 3. The molecule has 0 radical (unpaired) electrons. The molecular weight excluding hydrogens is 261 g/mol. The molecule has 0 bridgehead atoms. The Bertz CT molecular complexity index is 422. The highest BCUT2D eigenvalue weighted by Gasteiger charge is 2.30. The van der Waals surface area contributed by atoms with Crippen molar-refractivity contribution in [3.63, 3.8) is 0 Å². The van der Waals surface area contributed by atoms with E-state index < -0.39 is 17.6 Å². The van der Waals surface area contributed by atoms with Gasteiger partial charge in [-0.15, -0.1) is 0 Å². The van der Waals surface area contributed by atoms with Gasteiger partial charge in [0.25, 0.3) is 5.91 Å². The van der Waals surface area contributed by atoms with Gasteiger partial charge in [0.15, 0.2) is 6.61 Å². The van der Waals surface area contributed by atoms with Crippen molar-refractivity contribution in [3.05, 3.63) is 29.8 Å². The normalized spacial score (nSPS) is 11.2. The number of nitrogens with one attached hydrogen (secondary N) is 1. The lowest BCUT2D eigenvalue weighted by Crippen LogP contribution is -2.30. The molecule has 3 N–H and O–H groups in total. The second kappa shape index (κ2) is 6.98. The van der Waals surface area contributed by atoms with E-state index in [1.807, 2.05) is 0 Å². The van der Waals surface area contributed by atoms with E-state index in [9.17, 15) is 18.0 Å². The summed E-state index contributed by atoms with van der Waals surface area (Å²) < 4.78 is 42.3. The summed E-state index contributed by atoms with van der Waals surface area (Å²) in [5.41, 5.74) is 4.44. The van der Waals surface area contributed by atoms with Crippen LogP contribution in [0.1, 0.15) is 12.0 Å². The molecule has 0 spiro atoms. The molecule has 0 aliphatic carbocycles. The maximum Gasteiger partial charge on any atom is 0.416 e. The van der Waals surface area contributed by atoms with Crippen LogP contribution in [0.5, 0.6) is 5.75 Å². The van der Waals surface area contributed by atoms with Crippen LogP contribution in [0.2, 0.25) is 0 Å². The first-order valence-electron chi connectivity index (χ1n) is 5.70. The Kier molecular flexibility index (Phi) is 5.62. The van der Waals surface area contributed by atoms with Crippen LogP contribution in [0.25, 0.3) is 0 Å². The van der Waals surface area contributed by atoms with Gasteiger partial charge in [0.05, 0.1) is 5.56 Å². The van der Waals surface area contributed by atoms with E-state index in [4.69, 9.17) is 10.5 Å². The Morgan fingerprint density at radius 3 is 2.74 bits per heavy atom. The quantitative estimate of drug-likeness (QED) is 0.775. The van der Waals surface area contributed by atoms with Gasteiger partial charge in [-0.25, -0.2) is 0 Å². The summed E-state index contributed by atoms with van der Waals surface area (Å²) in [7, 11) is 0. The highest BCUT2D eigenvalue weighted by Crippen LogP contribution is 2.31. The number of halogens is 3. The number of hydrogen-bond donors (Lipinski definition) is 2. The van der Waals surface area contributed by atoms with E-state index in [1.165, 1.54) is 12.1 Å². The number of benzene rings is 1. The largest absolute Gasteiger partial charge is 0.484 e. The summed E-state index contributed by atoms with van der Waals surface area (Å²) in [6, 6.07) is 4.38. The summed E-state index contributed by atoms with van der Waals surface area (Å²) in [4.78, 5) is 11.3. The minimum absolute atomic E-state index is 0.00352. The van der Waals surface area contributed by atoms with Gasteiger partial charge in [0.1, 0.15) is 5.75 Å². The van der Waals surface area contributed by atoms with Gasteiger partial charge in [-0.1, -0.05) is 6.07 Å². The van der Waals surface area contributed by atoms with E-state index >= 15 is 0 Å². The van der Waals surface area contributed by atoms with Gasteiger partial charge in [0, 0.05) is 6.54 Å². The van der Waals surface area contributed by atoms with Gasteiger partial charge < -0.3 is 15.8 Å². The van der Waals surface area contributed by atoms with Crippen LogP contribution >= 0.6 is 0 Å². The molecule has 4 nitrogen and oxygen atoms in total. The lowest BCUT2D eigenvalue weighted by Gasteiger charge is -2.10. The molecule has 19 heavy (non-hydrogen) atoms. The molecule has 0 heterocycles. The number of carbonyl (C=O) groups is 1. The minimum atomic E-state index is -4.43. The first-order chi connectivity index (χ1) is 8.93. The maximum absolute atomic E-state index is 12.4. The predicted octanol–water partition coefficient (Wildman–Crippen LogP) is 1.55. The zero-order chi connectivity index (χ0) is 14.3. The molecule has 0 saturated heterocycles. The molecule has 7 heteroatoms. The van der Waals surface area contributed by atoms with Crippen LogP contribution in [0.15, 0.2) is 24.3 Å². The number of rotatable bonds is 6. The summed E-state index contributed by atoms with van der Waals surface area (Å²) in [6.07, 6.45) is -3.79. The van der Waals surface area contributed by atoms with Crippen molar-refractivity contribution in [2.45, 2.75) is 12.6 Å². The van der Waals surface area contributed by atoms with Crippen molar-refractivity contribution in [2.24, 2.45) is 5.73 Å². The highest BCUT2D eigenvalue weighted by molar-refractivity contribution is 5.77. The Balaban J connectivity index is 2.47. The average molecular weight is 276 g/mol. The van der Waals surface area contributed by atoms with Gasteiger partial charge >= 0.3 is 6.18 Å². The SMILES string of the molecule is NCCCNC(=O)COc1cccc(C(F)(F)F)c1. The molecule has 0 aromatic heterocycles. The zero-order valence-electron chi connectivity index (χ0n) is 10.2. The fraction of sp³-hybridized carbons (Fsp3) is 0.417. The Labute approximate surface area is 108 Å². The van der Waals surface area contributed by atoms with Crippen LogP contribution in [-0.4, -0.2) is 25.6 Å². The number of amides is 1. The minimum Gasteiger partial charge on any atom is -0.484 e. The summed E-state index contributed by atoms with van der Waals surface area (Å²) >= 11 is 0. The molecule has 0 aliphatic rings. The summed E-state index contributed by atoms with van der Waals surface area (Å²) in [5, 5.41) is 2.53. The van der Waals surface area contributed by atoms with Crippen LogP contribution < -0.4 is 15.8 Å². The summed E-state index contributed by atoms with van der Waals surface area (Å²) in [6.45, 7) is 0.544. The van der Waals surface area contributed by atoms with Crippen molar-refractivity contribution >= 4 is 5.91 Å². The molecule has 0 aliphatic heterocycles. The first-order valence-corrected chi connectivity index (χ1v) is 5.70. The van der Waals surface area contributed by atoms with Crippen molar-refractivity contribution in [3.8, 4) is 5.75 Å². The molecule has 1 amide bonds. The van der Waals surface area contributed by atoms with Gasteiger partial charge in [0.2, 0.25) is 0 Å². The van der Waals surface area contributed by atoms with Crippen molar-refractivity contribution in [1.29, 1.82) is 0 Å². The van der Waals surface area contributed by atoms with E-state index in [1.54, 1.807) is 0 Å². The van der Waals surface area contributed by atoms with Crippen molar-refractivity contribution in [2.75, 3.05) is 19.7 Å². The lowest BCUT2D eigenvalue weighted by molar-refractivity contribution is -0.137. The topological polar surface area (TPSA) is 64.3 Å². The third-order valence-corrected chi connectivity index (χ3v) is 2.23. The standard InChI is InChI=1S/C12H15F3N2O2/c13-12(14,15)9-3-1-4-10(7-9)19-8-11(18)17-6-2-5-16/h1,3-4,7H,2,5-6,8,16H2,(H,17,18). The molecule has 0 unspecified atom stereocenters. The van der Waals surface area contributed by atoms with Crippen molar-refractivity contribution < 1.29 is 22.7 Å². The number of carbonyl (C=O) groups excluding carboxylic acids is 1. The van der Waals surface area contributed by atoms with E-state index in [0.717, 1.165) is 12.1 Å². The van der Waals surface area contributed by atoms with Gasteiger partial charge in [-0.05, 0) is 31.2 Å². The second-order valence-electron chi connectivity index (χ2n) is 3.81. The molecule has 1 aromatic rings. The van der Waals surface area contributed by atoms with E-state index in [2.05, 4.69) is 5.32 Å². The smallest absolute Gasteiger partial charge is 0.416 e. The second-order valence-corrected chi connectivity index (χ2v) is 3.81. The zero-order valence-corrected chi connectivity index (χ0v) is 10.2. The molecule has 0 atom stereocenters. The predicted molar refractivity (Wildman–Crippen MR) is 63.6 cm³/mol. The Morgan fingerprint density at radius 2 is 2.11 bits per heavy atom. The number of nitrogens with two attached hydrogens (primary N) is 1. The fourth-order valence-electron chi connectivity index (χ4n) is 1.29. The summed E-state index contributed by atoms with van der Waals surface area (Å²) in [5.74, 6) is -0.394. The lowest BCUT2D eigenvalue weighted by atomic mass is 10.2. The Morgan fingerprint density at radius 1 is 1.37 bits per heavy atom. The number of hydrogen-bond acceptors (Lipinski definition) is 3. The fourth-order valence-corrected chi connectivity index (χ4v) is 1.29. The maximum atomic E-state index is 12.4. The molecule has 106 valence electrons. The molecular formula is C12H15F3N2O2. The molecule has 1 rings (SSSR count). The monoisotopic (exact) mass is 276 g/mol. The van der Waals surface area contributed by atoms with Crippen LogP contribution in [0.4, 0.5) is 13.2 Å².